The second kappa shape index (κ2) is 5.51. The van der Waals surface area contributed by atoms with E-state index in [0.29, 0.717) is 0 Å². The Kier molecular flexibility index (Phi) is 4.02. The number of benzene rings is 1. The minimum absolute atomic E-state index is 0.0550. The lowest BCUT2D eigenvalue weighted by atomic mass is 9.98. The molecule has 0 unspecified atom stereocenters. The van der Waals surface area contributed by atoms with E-state index in [9.17, 15) is 4.79 Å². The van der Waals surface area contributed by atoms with Gasteiger partial charge in [-0.2, -0.15) is 0 Å². The molecular formula is C13H17NOS. The zero-order chi connectivity index (χ0) is 11.4. The number of likely N-dealkylation sites (tertiary alicyclic amines) is 1. The molecule has 1 aromatic rings. The summed E-state index contributed by atoms with van der Waals surface area (Å²) in [6.07, 6.45) is 1.91. The van der Waals surface area contributed by atoms with Gasteiger partial charge >= 0.3 is 0 Å². The van der Waals surface area contributed by atoms with Crippen molar-refractivity contribution in [2.75, 3.05) is 13.1 Å². The van der Waals surface area contributed by atoms with Gasteiger partial charge in [-0.3, -0.25) is 9.69 Å². The van der Waals surface area contributed by atoms with Crippen LogP contribution in [-0.2, 0) is 11.3 Å². The van der Waals surface area contributed by atoms with Crippen LogP contribution in [0.1, 0.15) is 18.4 Å². The summed E-state index contributed by atoms with van der Waals surface area (Å²) in [4.78, 5) is 13.5. The Hall–Kier alpha value is -0.800. The molecule has 0 bridgehead atoms. The minimum Gasteiger partial charge on any atom is -0.299 e. The van der Waals surface area contributed by atoms with Gasteiger partial charge in [0.25, 0.3) is 0 Å². The molecule has 0 spiro atoms. The highest BCUT2D eigenvalue weighted by molar-refractivity contribution is 7.96. The van der Waals surface area contributed by atoms with Crippen molar-refractivity contribution in [3.8, 4) is 0 Å². The molecular weight excluding hydrogens is 218 g/mol. The Morgan fingerprint density at radius 3 is 2.44 bits per heavy atom. The van der Waals surface area contributed by atoms with E-state index in [0.717, 1.165) is 32.5 Å². The fourth-order valence-corrected chi connectivity index (χ4v) is 2.44. The van der Waals surface area contributed by atoms with E-state index in [1.165, 1.54) is 5.56 Å². The SMILES string of the molecule is O=C(S)C1CCN(Cc2ccccc2)CC1. The summed E-state index contributed by atoms with van der Waals surface area (Å²) in [6, 6.07) is 10.5. The maximum atomic E-state index is 11.1. The first-order valence-electron chi connectivity index (χ1n) is 5.75. The summed E-state index contributed by atoms with van der Waals surface area (Å²) in [5.41, 5.74) is 1.35. The standard InChI is InChI=1S/C13H17NOS/c15-13(16)12-6-8-14(9-7-12)10-11-4-2-1-3-5-11/h1-5,12H,6-10H2,(H,15,16). The van der Waals surface area contributed by atoms with Crippen molar-refractivity contribution in [2.24, 2.45) is 5.92 Å². The molecule has 0 saturated carbocycles. The van der Waals surface area contributed by atoms with Crippen molar-refractivity contribution in [1.82, 2.24) is 4.90 Å². The molecule has 2 nitrogen and oxygen atoms in total. The molecule has 1 saturated heterocycles. The zero-order valence-electron chi connectivity index (χ0n) is 9.30. The van der Waals surface area contributed by atoms with E-state index in [-0.39, 0.29) is 11.0 Å². The van der Waals surface area contributed by atoms with Crippen LogP contribution in [0.5, 0.6) is 0 Å². The summed E-state index contributed by atoms with van der Waals surface area (Å²) >= 11 is 3.91. The summed E-state index contributed by atoms with van der Waals surface area (Å²) in [7, 11) is 0. The van der Waals surface area contributed by atoms with Crippen LogP contribution in [0, 0.1) is 5.92 Å². The van der Waals surface area contributed by atoms with Crippen molar-refractivity contribution >= 4 is 17.7 Å². The van der Waals surface area contributed by atoms with Crippen LogP contribution in [0.2, 0.25) is 0 Å². The summed E-state index contributed by atoms with van der Waals surface area (Å²) in [6.45, 7) is 3.01. The molecule has 86 valence electrons. The first-order chi connectivity index (χ1) is 7.75. The number of carbonyl (C=O) groups is 1. The van der Waals surface area contributed by atoms with Crippen molar-refractivity contribution in [3.63, 3.8) is 0 Å². The molecule has 0 aromatic heterocycles. The Morgan fingerprint density at radius 1 is 1.25 bits per heavy atom. The first kappa shape index (κ1) is 11.7. The fraction of sp³-hybridized carbons (Fsp3) is 0.462. The predicted octanol–water partition coefficient (Wildman–Crippen LogP) is 2.36. The van der Waals surface area contributed by atoms with Gasteiger partial charge in [-0.25, -0.2) is 0 Å². The monoisotopic (exact) mass is 235 g/mol. The molecule has 3 heteroatoms. The largest absolute Gasteiger partial charge is 0.299 e. The normalized spacial score (nSPS) is 18.6. The van der Waals surface area contributed by atoms with Gasteiger partial charge in [-0.1, -0.05) is 30.3 Å². The molecule has 1 aliphatic heterocycles. The van der Waals surface area contributed by atoms with Gasteiger partial charge in [0.05, 0.1) is 0 Å². The van der Waals surface area contributed by atoms with Gasteiger partial charge in [0.15, 0.2) is 5.12 Å². The minimum atomic E-state index is 0.0550. The number of thiol groups is 1. The molecule has 0 aliphatic carbocycles. The van der Waals surface area contributed by atoms with Gasteiger partial charge in [0.2, 0.25) is 0 Å². The highest BCUT2D eigenvalue weighted by Crippen LogP contribution is 2.20. The van der Waals surface area contributed by atoms with E-state index in [4.69, 9.17) is 0 Å². The second-order valence-electron chi connectivity index (χ2n) is 4.37. The van der Waals surface area contributed by atoms with Crippen LogP contribution in [0.3, 0.4) is 0 Å². The van der Waals surface area contributed by atoms with Crippen molar-refractivity contribution < 1.29 is 4.79 Å². The van der Waals surface area contributed by atoms with Crippen molar-refractivity contribution in [2.45, 2.75) is 19.4 Å². The zero-order valence-corrected chi connectivity index (χ0v) is 10.2. The van der Waals surface area contributed by atoms with Crippen LogP contribution in [-0.4, -0.2) is 23.1 Å². The van der Waals surface area contributed by atoms with Gasteiger partial charge in [-0.15, -0.1) is 12.6 Å². The number of hydrogen-bond donors (Lipinski definition) is 1. The van der Waals surface area contributed by atoms with Gasteiger partial charge in [-0.05, 0) is 31.5 Å². The average Bonchev–Trinajstić information content (AvgIpc) is 2.31. The van der Waals surface area contributed by atoms with Crippen LogP contribution in [0.25, 0.3) is 0 Å². The Balaban J connectivity index is 1.84. The molecule has 0 N–H and O–H groups in total. The van der Waals surface area contributed by atoms with E-state index in [1.54, 1.807) is 0 Å². The van der Waals surface area contributed by atoms with Crippen molar-refractivity contribution in [3.05, 3.63) is 35.9 Å². The van der Waals surface area contributed by atoms with Crippen molar-refractivity contribution in [1.29, 1.82) is 0 Å². The lowest BCUT2D eigenvalue weighted by Gasteiger charge is -2.30. The van der Waals surface area contributed by atoms with Crippen LogP contribution >= 0.6 is 12.6 Å². The van der Waals surface area contributed by atoms with Crippen LogP contribution in [0.15, 0.2) is 30.3 Å². The highest BCUT2D eigenvalue weighted by atomic mass is 32.1. The predicted molar refractivity (Wildman–Crippen MR) is 68.4 cm³/mol. The fourth-order valence-electron chi connectivity index (χ4n) is 2.18. The third kappa shape index (κ3) is 3.09. The topological polar surface area (TPSA) is 20.3 Å². The molecule has 0 atom stereocenters. The van der Waals surface area contributed by atoms with Crippen LogP contribution < -0.4 is 0 Å². The smallest absolute Gasteiger partial charge is 0.189 e. The van der Waals surface area contributed by atoms with Gasteiger partial charge in [0, 0.05) is 12.5 Å². The molecule has 1 aromatic carbocycles. The van der Waals surface area contributed by atoms with E-state index >= 15 is 0 Å². The summed E-state index contributed by atoms with van der Waals surface area (Å²) in [5.74, 6) is 0.176. The maximum absolute atomic E-state index is 11.1. The second-order valence-corrected chi connectivity index (χ2v) is 4.82. The lowest BCUT2D eigenvalue weighted by molar-refractivity contribution is -0.115. The van der Waals surface area contributed by atoms with Gasteiger partial charge < -0.3 is 0 Å². The summed E-state index contributed by atoms with van der Waals surface area (Å²) < 4.78 is 0. The third-order valence-electron chi connectivity index (χ3n) is 3.19. The lowest BCUT2D eigenvalue weighted by Crippen LogP contribution is -2.34. The molecule has 16 heavy (non-hydrogen) atoms. The summed E-state index contributed by atoms with van der Waals surface area (Å²) in [5, 5.41) is 0.0550. The number of carbonyl (C=O) groups excluding carboxylic acids is 1. The number of rotatable bonds is 3. The van der Waals surface area contributed by atoms with E-state index in [2.05, 4.69) is 41.8 Å². The molecule has 0 amide bonds. The maximum Gasteiger partial charge on any atom is 0.189 e. The molecule has 2 rings (SSSR count). The number of hydrogen-bond acceptors (Lipinski definition) is 2. The first-order valence-corrected chi connectivity index (χ1v) is 6.19. The molecule has 1 aliphatic rings. The number of nitrogens with zero attached hydrogens (tertiary/aromatic N) is 1. The quantitative estimate of drug-likeness (QED) is 0.812. The molecule has 1 heterocycles. The third-order valence-corrected chi connectivity index (χ3v) is 3.55. The molecule has 0 radical (unpaired) electrons. The van der Waals surface area contributed by atoms with Crippen LogP contribution in [0.4, 0.5) is 0 Å². The Morgan fingerprint density at radius 2 is 1.88 bits per heavy atom. The van der Waals surface area contributed by atoms with Gasteiger partial charge in [0.1, 0.15) is 0 Å². The molecule has 1 fully saturated rings. The number of piperidine rings is 1. The van der Waals surface area contributed by atoms with E-state index < -0.39 is 0 Å². The highest BCUT2D eigenvalue weighted by Gasteiger charge is 2.22. The average molecular weight is 235 g/mol. The Bertz CT molecular complexity index is 344. The Labute approximate surface area is 102 Å². The van der Waals surface area contributed by atoms with E-state index in [1.807, 2.05) is 6.07 Å².